The Morgan fingerprint density at radius 1 is 0.815 bits per heavy atom. The van der Waals surface area contributed by atoms with Crippen LogP contribution in [-0.2, 0) is 18.4 Å². The van der Waals surface area contributed by atoms with Crippen molar-refractivity contribution in [3.05, 3.63) is 0 Å². The van der Waals surface area contributed by atoms with Crippen molar-refractivity contribution in [1.29, 1.82) is 0 Å². The van der Waals surface area contributed by atoms with Crippen molar-refractivity contribution >= 4 is 13.1 Å². The fourth-order valence-corrected chi connectivity index (χ4v) is 6.55. The molecule has 6 atom stereocenters. The molecule has 0 aromatic rings. The van der Waals surface area contributed by atoms with Crippen molar-refractivity contribution in [2.45, 2.75) is 99.2 Å². The average molecular weight is 401 g/mol. The highest BCUT2D eigenvalue weighted by Crippen LogP contribution is 2.56. The summed E-state index contributed by atoms with van der Waals surface area (Å²) in [4.78, 5) is 12.4. The van der Waals surface area contributed by atoms with E-state index in [1.54, 1.807) is 0 Å². The minimum atomic E-state index is -3.77. The summed E-state index contributed by atoms with van der Waals surface area (Å²) in [6.45, 7) is 14.5. The lowest BCUT2D eigenvalue weighted by Crippen LogP contribution is -2.37. The van der Waals surface area contributed by atoms with Gasteiger partial charge in [0, 0.05) is 6.92 Å². The topological polar surface area (TPSA) is 52.6 Å². The zero-order valence-corrected chi connectivity index (χ0v) is 19.3. The van der Waals surface area contributed by atoms with Gasteiger partial charge >= 0.3 is 7.60 Å². The van der Waals surface area contributed by atoms with Gasteiger partial charge in [0.05, 0.1) is 12.2 Å². The Bertz CT molecular complexity index is 506. The molecule has 0 N–H and O–H groups in total. The maximum absolute atomic E-state index is 13.6. The largest absolute Gasteiger partial charge is 0.396 e. The fourth-order valence-electron chi connectivity index (χ4n) is 5.00. The van der Waals surface area contributed by atoms with Crippen molar-refractivity contribution in [2.24, 2.45) is 35.5 Å². The van der Waals surface area contributed by atoms with Crippen LogP contribution in [0.1, 0.15) is 87.0 Å². The summed E-state index contributed by atoms with van der Waals surface area (Å²) < 4.78 is 25.9. The molecule has 0 bridgehead atoms. The highest BCUT2D eigenvalue weighted by molar-refractivity contribution is 7.71. The van der Waals surface area contributed by atoms with E-state index in [1.807, 2.05) is 0 Å². The van der Waals surface area contributed by atoms with Gasteiger partial charge in [0.1, 0.15) is 0 Å². The molecule has 0 heterocycles. The van der Waals surface area contributed by atoms with Gasteiger partial charge in [-0.3, -0.25) is 18.4 Å². The number of carbonyl (C=O) groups is 1. The molecule has 0 radical (unpaired) electrons. The van der Waals surface area contributed by atoms with Crippen LogP contribution < -0.4 is 0 Å². The summed E-state index contributed by atoms with van der Waals surface area (Å²) in [5.41, 5.74) is -0.441. The normalized spacial score (nSPS) is 37.4. The summed E-state index contributed by atoms with van der Waals surface area (Å²) in [6, 6.07) is 0. The number of hydrogen-bond donors (Lipinski definition) is 0. The van der Waals surface area contributed by atoms with E-state index < -0.39 is 13.1 Å². The minimum absolute atomic E-state index is 0.151. The lowest BCUT2D eigenvalue weighted by molar-refractivity contribution is -0.114. The summed E-state index contributed by atoms with van der Waals surface area (Å²) in [5.74, 6) is 2.63. The molecule has 158 valence electrons. The average Bonchev–Trinajstić information content (AvgIpc) is 2.54. The quantitative estimate of drug-likeness (QED) is 0.447. The van der Waals surface area contributed by atoms with Gasteiger partial charge in [0.25, 0.3) is 0 Å². The lowest BCUT2D eigenvalue weighted by Gasteiger charge is -2.41. The first-order valence-electron chi connectivity index (χ1n) is 11.0. The first-order chi connectivity index (χ1) is 12.5. The predicted molar refractivity (Wildman–Crippen MR) is 111 cm³/mol. The fraction of sp³-hybridized carbons (Fsp3) is 0.955. The second kappa shape index (κ2) is 9.55. The zero-order chi connectivity index (χ0) is 20.4. The maximum Gasteiger partial charge on any atom is 0.396 e. The molecule has 4 nitrogen and oxygen atoms in total. The third kappa shape index (κ3) is 5.90. The number of carbonyl (C=O) groups excluding carboxylic acids is 1. The molecular weight excluding hydrogens is 359 g/mol. The van der Waals surface area contributed by atoms with Crippen LogP contribution in [0.3, 0.4) is 0 Å². The number of rotatable bonds is 7. The monoisotopic (exact) mass is 400 g/mol. The molecule has 0 aromatic heterocycles. The summed E-state index contributed by atoms with van der Waals surface area (Å²) in [6.07, 6.45) is 5.89. The first kappa shape index (κ1) is 23.1. The molecule has 0 aliphatic heterocycles. The Morgan fingerprint density at radius 3 is 1.48 bits per heavy atom. The van der Waals surface area contributed by atoms with E-state index in [0.717, 1.165) is 25.7 Å². The number of hydrogen-bond acceptors (Lipinski definition) is 4. The highest BCUT2D eigenvalue weighted by Gasteiger charge is 2.44. The molecule has 2 saturated carbocycles. The Hall–Kier alpha value is -0.180. The zero-order valence-electron chi connectivity index (χ0n) is 18.4. The van der Waals surface area contributed by atoms with E-state index in [1.165, 1.54) is 19.8 Å². The molecule has 0 spiro atoms. The van der Waals surface area contributed by atoms with Crippen LogP contribution in [-0.4, -0.2) is 17.7 Å². The standard InChI is InChI=1S/C22H41O4P/c1-14(2)19-10-8-16(5)12-21(19)25-27(24,18(7)23)26-22-13-17(6)9-11-20(22)15(3)4/h14-17,19-22H,8-13H2,1-7H3. The Kier molecular flexibility index (Phi) is 8.17. The van der Waals surface area contributed by atoms with Gasteiger partial charge in [0.15, 0.2) is 0 Å². The van der Waals surface area contributed by atoms with Crippen LogP contribution in [0.25, 0.3) is 0 Å². The third-order valence-electron chi connectivity index (χ3n) is 6.86. The van der Waals surface area contributed by atoms with Crippen LogP contribution in [0.5, 0.6) is 0 Å². The Balaban J connectivity index is 2.20. The van der Waals surface area contributed by atoms with Crippen LogP contribution in [0.15, 0.2) is 0 Å². The lowest BCUT2D eigenvalue weighted by atomic mass is 9.75. The van der Waals surface area contributed by atoms with Gasteiger partial charge in [-0.05, 0) is 61.2 Å². The van der Waals surface area contributed by atoms with Gasteiger partial charge in [-0.25, -0.2) is 0 Å². The Morgan fingerprint density at radius 2 is 1.19 bits per heavy atom. The van der Waals surface area contributed by atoms with Crippen molar-refractivity contribution in [1.82, 2.24) is 0 Å². The summed E-state index contributed by atoms with van der Waals surface area (Å²) >= 11 is 0. The van der Waals surface area contributed by atoms with Gasteiger partial charge in [0.2, 0.25) is 5.52 Å². The van der Waals surface area contributed by atoms with Gasteiger partial charge in [-0.2, -0.15) is 0 Å². The van der Waals surface area contributed by atoms with Gasteiger partial charge in [-0.1, -0.05) is 54.4 Å². The van der Waals surface area contributed by atoms with E-state index in [9.17, 15) is 9.36 Å². The second-order valence-corrected chi connectivity index (χ2v) is 12.0. The molecule has 6 unspecified atom stereocenters. The molecular formula is C22H41O4P. The van der Waals surface area contributed by atoms with Crippen LogP contribution in [0.2, 0.25) is 0 Å². The van der Waals surface area contributed by atoms with Crippen LogP contribution >= 0.6 is 7.60 Å². The molecule has 2 aliphatic carbocycles. The third-order valence-corrected chi connectivity index (χ3v) is 8.72. The van der Waals surface area contributed by atoms with Crippen LogP contribution in [0, 0.1) is 35.5 Å². The Labute approximate surface area is 166 Å². The van der Waals surface area contributed by atoms with E-state index in [-0.39, 0.29) is 12.2 Å². The van der Waals surface area contributed by atoms with E-state index in [2.05, 4.69) is 41.5 Å². The van der Waals surface area contributed by atoms with Crippen molar-refractivity contribution in [3.8, 4) is 0 Å². The molecule has 27 heavy (non-hydrogen) atoms. The molecule has 0 saturated heterocycles. The maximum atomic E-state index is 13.6. The second-order valence-electron chi connectivity index (χ2n) is 9.96. The molecule has 5 heteroatoms. The summed E-state index contributed by atoms with van der Waals surface area (Å²) in [5, 5.41) is 0. The van der Waals surface area contributed by atoms with Gasteiger partial charge < -0.3 is 0 Å². The first-order valence-corrected chi connectivity index (χ1v) is 12.6. The van der Waals surface area contributed by atoms with Gasteiger partial charge in [-0.15, -0.1) is 0 Å². The van der Waals surface area contributed by atoms with Crippen LogP contribution in [0.4, 0.5) is 0 Å². The molecule has 2 aliphatic rings. The van der Waals surface area contributed by atoms with Crippen molar-refractivity contribution in [2.75, 3.05) is 0 Å². The molecule has 0 aromatic carbocycles. The van der Waals surface area contributed by atoms with E-state index in [0.29, 0.717) is 35.5 Å². The van der Waals surface area contributed by atoms with E-state index in [4.69, 9.17) is 9.05 Å². The highest BCUT2D eigenvalue weighted by atomic mass is 31.2. The predicted octanol–water partition coefficient (Wildman–Crippen LogP) is 6.68. The summed E-state index contributed by atoms with van der Waals surface area (Å²) in [7, 11) is -3.77. The van der Waals surface area contributed by atoms with Crippen molar-refractivity contribution in [3.63, 3.8) is 0 Å². The SMILES string of the molecule is CC(=O)P(=O)(OC1CC(C)CCC1C(C)C)OC1CC(C)CCC1C(C)C. The molecule has 2 fully saturated rings. The molecule has 2 rings (SSSR count). The minimum Gasteiger partial charge on any atom is -0.300 e. The van der Waals surface area contributed by atoms with Crippen molar-refractivity contribution < 1.29 is 18.4 Å². The smallest absolute Gasteiger partial charge is 0.300 e. The molecule has 0 amide bonds. The van der Waals surface area contributed by atoms with E-state index >= 15 is 0 Å².